The Hall–Kier alpha value is -2.69. The highest BCUT2D eigenvalue weighted by Crippen LogP contribution is 2.23. The average Bonchev–Trinajstić information content (AvgIpc) is 2.91. The van der Waals surface area contributed by atoms with Crippen LogP contribution in [0.1, 0.15) is 29.4 Å². The molecule has 0 aliphatic carbocycles. The quantitative estimate of drug-likeness (QED) is 0.798. The van der Waals surface area contributed by atoms with Gasteiger partial charge in [-0.1, -0.05) is 19.4 Å². The fraction of sp³-hybridized carbons (Fsp3) is 0.188. The minimum Gasteiger partial charge on any atom is -0.478 e. The molecule has 5 heteroatoms. The highest BCUT2D eigenvalue weighted by Gasteiger charge is 2.18. The van der Waals surface area contributed by atoms with Crippen LogP contribution in [0.15, 0.2) is 42.7 Å². The predicted molar refractivity (Wildman–Crippen MR) is 79.8 cm³/mol. The fourth-order valence-corrected chi connectivity index (χ4v) is 2.51. The Morgan fingerprint density at radius 2 is 2.14 bits per heavy atom. The third kappa shape index (κ3) is 2.27. The number of pyridine rings is 1. The van der Waals surface area contributed by atoms with Crippen LogP contribution in [0.5, 0.6) is 0 Å². The molecule has 2 heterocycles. The number of carboxylic acids is 1. The average molecular weight is 281 g/mol. The van der Waals surface area contributed by atoms with Crippen molar-refractivity contribution in [3.63, 3.8) is 0 Å². The minimum atomic E-state index is -0.942. The van der Waals surface area contributed by atoms with E-state index in [1.807, 2.05) is 37.3 Å². The van der Waals surface area contributed by atoms with Crippen LogP contribution in [0.25, 0.3) is 16.6 Å². The van der Waals surface area contributed by atoms with Crippen LogP contribution in [-0.4, -0.2) is 25.8 Å². The van der Waals surface area contributed by atoms with Crippen molar-refractivity contribution in [1.29, 1.82) is 0 Å². The molecule has 1 aromatic carbocycles. The summed E-state index contributed by atoms with van der Waals surface area (Å²) in [5.74, 6) is -0.942. The zero-order chi connectivity index (χ0) is 14.8. The number of hydrogen-bond acceptors (Lipinski definition) is 3. The second kappa shape index (κ2) is 5.36. The van der Waals surface area contributed by atoms with E-state index in [1.54, 1.807) is 10.9 Å². The molecule has 106 valence electrons. The van der Waals surface area contributed by atoms with Crippen LogP contribution >= 0.6 is 0 Å². The molecular weight excluding hydrogens is 266 g/mol. The lowest BCUT2D eigenvalue weighted by Gasteiger charge is -2.10. The van der Waals surface area contributed by atoms with E-state index < -0.39 is 5.97 Å². The molecule has 0 radical (unpaired) electrons. The first kappa shape index (κ1) is 13.3. The van der Waals surface area contributed by atoms with E-state index in [2.05, 4.69) is 10.1 Å². The van der Waals surface area contributed by atoms with Crippen molar-refractivity contribution in [2.24, 2.45) is 0 Å². The first-order valence-corrected chi connectivity index (χ1v) is 6.86. The summed E-state index contributed by atoms with van der Waals surface area (Å²) in [4.78, 5) is 15.7. The lowest BCUT2D eigenvalue weighted by Crippen LogP contribution is -2.07. The maximum Gasteiger partial charge on any atom is 0.339 e. The van der Waals surface area contributed by atoms with Gasteiger partial charge in [-0.25, -0.2) is 9.48 Å². The van der Waals surface area contributed by atoms with Crippen LogP contribution in [0.2, 0.25) is 0 Å². The molecule has 3 aromatic rings. The van der Waals surface area contributed by atoms with Crippen molar-refractivity contribution >= 4 is 16.9 Å². The van der Waals surface area contributed by atoms with Crippen LogP contribution in [0.3, 0.4) is 0 Å². The van der Waals surface area contributed by atoms with Gasteiger partial charge in [-0.3, -0.25) is 4.98 Å². The molecule has 0 amide bonds. The van der Waals surface area contributed by atoms with Gasteiger partial charge in [0.2, 0.25) is 0 Å². The van der Waals surface area contributed by atoms with Gasteiger partial charge in [0.15, 0.2) is 0 Å². The number of aromatic nitrogens is 3. The maximum atomic E-state index is 11.3. The van der Waals surface area contributed by atoms with Gasteiger partial charge in [-0.05, 0) is 30.7 Å². The van der Waals surface area contributed by atoms with Crippen LogP contribution < -0.4 is 0 Å². The molecule has 0 bridgehead atoms. The van der Waals surface area contributed by atoms with E-state index in [0.717, 1.165) is 28.7 Å². The Morgan fingerprint density at radius 3 is 2.90 bits per heavy atom. The van der Waals surface area contributed by atoms with Crippen LogP contribution in [-0.2, 0) is 6.42 Å². The Morgan fingerprint density at radius 1 is 1.29 bits per heavy atom. The molecule has 0 atom stereocenters. The number of nitrogens with zero attached hydrogens (tertiary/aromatic N) is 3. The van der Waals surface area contributed by atoms with Crippen LogP contribution in [0.4, 0.5) is 0 Å². The molecule has 0 aliphatic heterocycles. The normalized spacial score (nSPS) is 10.9. The fourth-order valence-electron chi connectivity index (χ4n) is 2.51. The molecule has 0 saturated carbocycles. The first-order valence-electron chi connectivity index (χ1n) is 6.86. The topological polar surface area (TPSA) is 68.0 Å². The molecule has 0 spiro atoms. The molecule has 0 aliphatic rings. The van der Waals surface area contributed by atoms with E-state index in [-0.39, 0.29) is 5.56 Å². The highest BCUT2D eigenvalue weighted by molar-refractivity contribution is 5.90. The van der Waals surface area contributed by atoms with Gasteiger partial charge < -0.3 is 5.11 Å². The largest absolute Gasteiger partial charge is 0.478 e. The number of hydrogen-bond donors (Lipinski definition) is 1. The maximum absolute atomic E-state index is 11.3. The molecular formula is C16H15N3O2. The molecule has 3 rings (SSSR count). The number of fused-ring (bicyclic) bond motifs is 1. The zero-order valence-electron chi connectivity index (χ0n) is 11.7. The highest BCUT2D eigenvalue weighted by atomic mass is 16.4. The number of carbonyl (C=O) groups is 1. The summed E-state index contributed by atoms with van der Waals surface area (Å²) in [7, 11) is 0. The minimum absolute atomic E-state index is 0.262. The van der Waals surface area contributed by atoms with E-state index in [1.165, 1.54) is 6.20 Å². The molecule has 5 nitrogen and oxygen atoms in total. The molecule has 2 aromatic heterocycles. The summed E-state index contributed by atoms with van der Waals surface area (Å²) in [6, 6.07) is 9.60. The lowest BCUT2D eigenvalue weighted by atomic mass is 10.1. The standard InChI is InChI=1S/C16H15N3O2/c1-2-5-14-12(16(20)21)10-18-19(14)15-8-3-7-13-11(15)6-4-9-17-13/h3-4,6-10H,2,5H2,1H3,(H,20,21). The molecule has 0 fully saturated rings. The van der Waals surface area contributed by atoms with Gasteiger partial charge in [0.1, 0.15) is 5.56 Å². The van der Waals surface area contributed by atoms with Gasteiger partial charge in [-0.15, -0.1) is 0 Å². The number of benzene rings is 1. The summed E-state index contributed by atoms with van der Waals surface area (Å²) in [5, 5.41) is 14.5. The van der Waals surface area contributed by atoms with E-state index in [9.17, 15) is 9.90 Å². The number of aromatic carboxylic acids is 1. The van der Waals surface area contributed by atoms with Crippen molar-refractivity contribution in [2.75, 3.05) is 0 Å². The Balaban J connectivity index is 2.26. The third-order valence-corrected chi connectivity index (χ3v) is 3.44. The van der Waals surface area contributed by atoms with Gasteiger partial charge in [-0.2, -0.15) is 5.10 Å². The summed E-state index contributed by atoms with van der Waals surface area (Å²) in [5.41, 5.74) is 2.71. The summed E-state index contributed by atoms with van der Waals surface area (Å²) < 4.78 is 1.72. The Labute approximate surface area is 121 Å². The van der Waals surface area contributed by atoms with Crippen molar-refractivity contribution < 1.29 is 9.90 Å². The Kier molecular flexibility index (Phi) is 3.39. The van der Waals surface area contributed by atoms with Crippen molar-refractivity contribution in [1.82, 2.24) is 14.8 Å². The summed E-state index contributed by atoms with van der Waals surface area (Å²) >= 11 is 0. The van der Waals surface area contributed by atoms with E-state index in [4.69, 9.17) is 0 Å². The van der Waals surface area contributed by atoms with Crippen molar-refractivity contribution in [2.45, 2.75) is 19.8 Å². The smallest absolute Gasteiger partial charge is 0.339 e. The van der Waals surface area contributed by atoms with Crippen LogP contribution in [0, 0.1) is 0 Å². The van der Waals surface area contributed by atoms with Gasteiger partial charge >= 0.3 is 5.97 Å². The number of carboxylic acid groups (broad SMARTS) is 1. The molecule has 0 unspecified atom stereocenters. The molecule has 0 saturated heterocycles. The van der Waals surface area contributed by atoms with Gasteiger partial charge in [0.05, 0.1) is 23.1 Å². The Bertz CT molecular complexity index is 803. The van der Waals surface area contributed by atoms with E-state index in [0.29, 0.717) is 6.42 Å². The summed E-state index contributed by atoms with van der Waals surface area (Å²) in [6.07, 6.45) is 4.68. The SMILES string of the molecule is CCCc1c(C(=O)O)cnn1-c1cccc2ncccc12. The van der Waals surface area contributed by atoms with Crippen molar-refractivity contribution in [3.05, 3.63) is 54.0 Å². The first-order chi connectivity index (χ1) is 10.2. The molecule has 1 N–H and O–H groups in total. The van der Waals surface area contributed by atoms with Gasteiger partial charge in [0.25, 0.3) is 0 Å². The second-order valence-electron chi connectivity index (χ2n) is 4.82. The van der Waals surface area contributed by atoms with Crippen molar-refractivity contribution in [3.8, 4) is 5.69 Å². The monoisotopic (exact) mass is 281 g/mol. The van der Waals surface area contributed by atoms with Gasteiger partial charge in [0, 0.05) is 11.6 Å². The predicted octanol–water partition coefficient (Wildman–Crippen LogP) is 3.07. The summed E-state index contributed by atoms with van der Waals surface area (Å²) in [6.45, 7) is 2.02. The zero-order valence-corrected chi connectivity index (χ0v) is 11.7. The lowest BCUT2D eigenvalue weighted by molar-refractivity contribution is 0.0695. The second-order valence-corrected chi connectivity index (χ2v) is 4.82. The van der Waals surface area contributed by atoms with E-state index >= 15 is 0 Å². The molecule has 21 heavy (non-hydrogen) atoms. The third-order valence-electron chi connectivity index (χ3n) is 3.44. The number of rotatable bonds is 4.